The highest BCUT2D eigenvalue weighted by Gasteiger charge is 2.74. The molecule has 0 unspecified atom stereocenters. The molecule has 202 valence electrons. The number of esters is 1. The van der Waals surface area contributed by atoms with E-state index in [2.05, 4.69) is 0 Å². The fourth-order valence-corrected chi connectivity index (χ4v) is 6.20. The second kappa shape index (κ2) is 9.49. The van der Waals surface area contributed by atoms with Gasteiger partial charge in [0.2, 0.25) is 5.79 Å². The molecule has 1 spiro atoms. The fourth-order valence-electron chi connectivity index (χ4n) is 6.20. The zero-order valence-electron chi connectivity index (χ0n) is 22.3. The third-order valence-corrected chi connectivity index (χ3v) is 7.98. The molecule has 0 radical (unpaired) electrons. The number of likely N-dealkylation sites (tertiary alicyclic amines) is 1. The van der Waals surface area contributed by atoms with Crippen LogP contribution in [0.4, 0.5) is 0 Å². The van der Waals surface area contributed by atoms with E-state index >= 15 is 0 Å². The minimum atomic E-state index is -1.47. The minimum Gasteiger partial charge on any atom is -0.507 e. The van der Waals surface area contributed by atoms with Crippen molar-refractivity contribution in [1.82, 2.24) is 4.90 Å². The second-order valence-electron chi connectivity index (χ2n) is 10.8. The van der Waals surface area contributed by atoms with Crippen LogP contribution in [-0.4, -0.2) is 83.9 Å². The summed E-state index contributed by atoms with van der Waals surface area (Å²) >= 11 is 0. The number of ether oxygens (including phenoxy) is 4. The Balaban J connectivity index is 1.62. The Morgan fingerprint density at radius 3 is 2.46 bits per heavy atom. The zero-order chi connectivity index (χ0) is 27.4. The molecule has 4 rings (SSSR count). The number of aliphatic hydroxyl groups excluding tert-OH is 1. The molecule has 0 saturated carbocycles. The molecule has 10 nitrogen and oxygen atoms in total. The van der Waals surface area contributed by atoms with E-state index in [-0.39, 0.29) is 41.9 Å². The van der Waals surface area contributed by atoms with Gasteiger partial charge in [-0.1, -0.05) is 31.6 Å². The van der Waals surface area contributed by atoms with Crippen molar-refractivity contribution in [3.63, 3.8) is 0 Å². The maximum Gasteiger partial charge on any atom is 0.316 e. The van der Waals surface area contributed by atoms with E-state index in [4.69, 9.17) is 18.9 Å². The van der Waals surface area contributed by atoms with Crippen LogP contribution in [0, 0.1) is 17.8 Å². The van der Waals surface area contributed by atoms with Crippen LogP contribution < -0.4 is 0 Å². The first-order valence-electron chi connectivity index (χ1n) is 12.5. The van der Waals surface area contributed by atoms with Crippen molar-refractivity contribution in [3.8, 4) is 0 Å². The quantitative estimate of drug-likeness (QED) is 0.191. The van der Waals surface area contributed by atoms with Crippen LogP contribution in [0.1, 0.15) is 41.0 Å². The third-order valence-electron chi connectivity index (χ3n) is 7.98. The van der Waals surface area contributed by atoms with Crippen molar-refractivity contribution in [3.05, 3.63) is 35.1 Å². The number of nitrogens with zero attached hydrogens (tertiary/aromatic N) is 1. The van der Waals surface area contributed by atoms with Gasteiger partial charge < -0.3 is 29.0 Å². The number of likely N-dealkylation sites (N-methyl/N-ethyl adjacent to an activating group) is 1. The summed E-state index contributed by atoms with van der Waals surface area (Å²) in [5.41, 5.74) is -0.637. The first-order valence-corrected chi connectivity index (χ1v) is 12.5. The van der Waals surface area contributed by atoms with E-state index in [1.54, 1.807) is 19.9 Å². The van der Waals surface area contributed by atoms with Crippen LogP contribution in [-0.2, 0) is 38.1 Å². The topological polar surface area (TPSA) is 129 Å². The number of Topliss-reactive ketones (excluding diaryl/α,β-unsaturated/α-hetero) is 2. The number of carbonyl (C=O) groups is 4. The molecule has 1 amide bonds. The summed E-state index contributed by atoms with van der Waals surface area (Å²) in [4.78, 5) is 51.3. The molecule has 37 heavy (non-hydrogen) atoms. The van der Waals surface area contributed by atoms with Gasteiger partial charge in [-0.15, -0.1) is 0 Å². The van der Waals surface area contributed by atoms with Gasteiger partial charge in [0.1, 0.15) is 29.0 Å². The number of hydrogen-bond donors (Lipinski definition) is 1. The number of allylic oxidation sites excluding steroid dienone is 3. The summed E-state index contributed by atoms with van der Waals surface area (Å²) in [6.45, 7) is 9.05. The number of fused-ring (bicyclic) bond motifs is 1. The average molecular weight is 518 g/mol. The number of hydrogen-bond acceptors (Lipinski definition) is 9. The molecule has 8 atom stereocenters. The van der Waals surface area contributed by atoms with E-state index in [9.17, 15) is 24.3 Å². The summed E-state index contributed by atoms with van der Waals surface area (Å²) < 4.78 is 24.1. The molecular weight excluding hydrogens is 482 g/mol. The normalized spacial score (nSPS) is 40.3. The van der Waals surface area contributed by atoms with E-state index in [1.807, 2.05) is 26.8 Å². The lowest BCUT2D eigenvalue weighted by molar-refractivity contribution is -0.387. The number of amides is 1. The molecule has 4 aliphatic rings. The Bertz CT molecular complexity index is 1120. The van der Waals surface area contributed by atoms with Gasteiger partial charge >= 0.3 is 5.97 Å². The van der Waals surface area contributed by atoms with Crippen LogP contribution in [0.25, 0.3) is 0 Å². The average Bonchev–Trinajstić information content (AvgIpc) is 3.20. The van der Waals surface area contributed by atoms with Gasteiger partial charge in [0, 0.05) is 25.3 Å². The molecule has 0 aromatic carbocycles. The molecule has 0 aliphatic carbocycles. The Hall–Kier alpha value is -2.82. The Morgan fingerprint density at radius 1 is 1.19 bits per heavy atom. The van der Waals surface area contributed by atoms with Gasteiger partial charge in [-0.2, -0.15) is 0 Å². The summed E-state index contributed by atoms with van der Waals surface area (Å²) in [7, 11) is 2.80. The largest absolute Gasteiger partial charge is 0.507 e. The second-order valence-corrected chi connectivity index (χ2v) is 10.8. The van der Waals surface area contributed by atoms with Gasteiger partial charge in [-0.25, -0.2) is 0 Å². The highest BCUT2D eigenvalue weighted by molar-refractivity contribution is 6.25. The summed E-state index contributed by atoms with van der Waals surface area (Å²) in [6, 6.07) is 0. The maximum atomic E-state index is 13.1. The smallest absolute Gasteiger partial charge is 0.316 e. The molecule has 4 fully saturated rings. The molecule has 0 aromatic heterocycles. The number of methoxy groups -OCH3 is 1. The third kappa shape index (κ3) is 4.24. The van der Waals surface area contributed by atoms with Gasteiger partial charge in [-0.05, 0) is 26.8 Å². The molecule has 4 heterocycles. The van der Waals surface area contributed by atoms with Gasteiger partial charge in [0.05, 0.1) is 25.9 Å². The molecular formula is C27H35NO9. The Kier molecular flexibility index (Phi) is 6.98. The number of rotatable bonds is 5. The number of ketones is 2. The van der Waals surface area contributed by atoms with Crippen molar-refractivity contribution >= 4 is 23.4 Å². The molecule has 10 heteroatoms. The van der Waals surface area contributed by atoms with Gasteiger partial charge in [0.15, 0.2) is 11.6 Å². The summed E-state index contributed by atoms with van der Waals surface area (Å²) in [5.74, 6) is -4.83. The molecule has 4 saturated heterocycles. The first-order chi connectivity index (χ1) is 17.3. The van der Waals surface area contributed by atoms with Crippen LogP contribution in [0.2, 0.25) is 0 Å². The van der Waals surface area contributed by atoms with Crippen LogP contribution >= 0.6 is 0 Å². The van der Waals surface area contributed by atoms with E-state index < -0.39 is 53.3 Å². The van der Waals surface area contributed by atoms with Crippen molar-refractivity contribution in [1.29, 1.82) is 0 Å². The number of carbonyl (C=O) groups excluding carboxylic acids is 4. The fraction of sp³-hybridized carbons (Fsp3) is 0.630. The van der Waals surface area contributed by atoms with Crippen molar-refractivity contribution in [2.75, 3.05) is 20.7 Å². The predicted octanol–water partition coefficient (Wildman–Crippen LogP) is 2.03. The lowest BCUT2D eigenvalue weighted by Crippen LogP contribution is -2.71. The van der Waals surface area contributed by atoms with Crippen LogP contribution in [0.15, 0.2) is 35.1 Å². The van der Waals surface area contributed by atoms with Gasteiger partial charge in [0.25, 0.3) is 5.91 Å². The van der Waals surface area contributed by atoms with Crippen LogP contribution in [0.5, 0.6) is 0 Å². The molecule has 4 aliphatic heterocycles. The first kappa shape index (κ1) is 27.2. The van der Waals surface area contributed by atoms with Crippen LogP contribution in [0.3, 0.4) is 0 Å². The highest BCUT2D eigenvalue weighted by Crippen LogP contribution is 2.57. The Morgan fingerprint density at radius 2 is 1.86 bits per heavy atom. The van der Waals surface area contributed by atoms with E-state index in [0.717, 1.165) is 5.57 Å². The molecule has 1 N–H and O–H groups in total. The van der Waals surface area contributed by atoms with Crippen molar-refractivity contribution < 1.29 is 43.2 Å². The summed E-state index contributed by atoms with van der Waals surface area (Å²) in [5, 5.41) is 10.3. The van der Waals surface area contributed by atoms with Gasteiger partial charge in [-0.3, -0.25) is 19.2 Å². The monoisotopic (exact) mass is 517 g/mol. The zero-order valence-corrected chi connectivity index (χ0v) is 22.3. The molecule has 2 bridgehead atoms. The van der Waals surface area contributed by atoms with E-state index in [0.29, 0.717) is 0 Å². The van der Waals surface area contributed by atoms with E-state index in [1.165, 1.54) is 25.1 Å². The SMILES string of the molecule is COC(=O)[C@H]1[C@@H](C)O[C@@]2(C)CC(=O)[C@H]3O[C@@]12O[C@H]([C@H](C)/C=C(C)/C=C/C(O)=C1\C(=O)CN(C)C1=O)[C@H]3C. The maximum absolute atomic E-state index is 13.1. The predicted molar refractivity (Wildman–Crippen MR) is 130 cm³/mol. The highest BCUT2D eigenvalue weighted by atomic mass is 16.8. The lowest BCUT2D eigenvalue weighted by atomic mass is 9.73. The standard InChI is InChI=1S/C27H35NO9/c1-13(8-9-17(29)20-19(31)12-28(6)24(20)32)10-14(2)22-15(3)23-18(30)11-26(5)27(36-22,37-23)21(16(4)35-26)25(33)34-7/h8-10,14-16,21-23,29H,11-12H2,1-7H3/b9-8+,13-10+,20-17-/t14-,15-,16-,21-,22-,23+,26+,27+/m1/s1. The van der Waals surface area contributed by atoms with Crippen molar-refractivity contribution in [2.45, 2.75) is 70.7 Å². The Labute approximate surface area is 216 Å². The number of aliphatic hydroxyl groups is 1. The lowest BCUT2D eigenvalue weighted by Gasteiger charge is -2.56. The summed E-state index contributed by atoms with van der Waals surface area (Å²) in [6.07, 6.45) is 3.07. The molecule has 0 aromatic rings. The minimum absolute atomic E-state index is 0.0631. The van der Waals surface area contributed by atoms with Crippen molar-refractivity contribution in [2.24, 2.45) is 17.8 Å².